The fourth-order valence-corrected chi connectivity index (χ4v) is 2.60. The molecule has 0 aromatic heterocycles. The van der Waals surface area contributed by atoms with Gasteiger partial charge in [0.1, 0.15) is 0 Å². The SMILES string of the molecule is CCCN1CCN(C[C@H](N)c2ccccc2)CC1. The van der Waals surface area contributed by atoms with Gasteiger partial charge in [-0.2, -0.15) is 0 Å². The molecule has 0 spiro atoms. The average Bonchev–Trinajstić information content (AvgIpc) is 2.42. The van der Waals surface area contributed by atoms with Crippen LogP contribution < -0.4 is 5.73 Å². The van der Waals surface area contributed by atoms with E-state index in [4.69, 9.17) is 5.73 Å². The normalized spacial score (nSPS) is 19.9. The van der Waals surface area contributed by atoms with Gasteiger partial charge in [0, 0.05) is 38.8 Å². The Labute approximate surface area is 111 Å². The van der Waals surface area contributed by atoms with Crippen LogP contribution in [0.2, 0.25) is 0 Å². The summed E-state index contributed by atoms with van der Waals surface area (Å²) in [6.07, 6.45) is 1.25. The van der Waals surface area contributed by atoms with Gasteiger partial charge in [-0.25, -0.2) is 0 Å². The van der Waals surface area contributed by atoms with E-state index in [0.29, 0.717) is 0 Å². The Morgan fingerprint density at radius 3 is 2.28 bits per heavy atom. The van der Waals surface area contributed by atoms with Crippen molar-refractivity contribution in [3.8, 4) is 0 Å². The van der Waals surface area contributed by atoms with E-state index in [-0.39, 0.29) is 6.04 Å². The highest BCUT2D eigenvalue weighted by Crippen LogP contribution is 2.12. The minimum atomic E-state index is 0.143. The van der Waals surface area contributed by atoms with E-state index in [1.165, 1.54) is 31.6 Å². The van der Waals surface area contributed by atoms with E-state index in [2.05, 4.69) is 41.0 Å². The predicted molar refractivity (Wildman–Crippen MR) is 76.5 cm³/mol. The lowest BCUT2D eigenvalue weighted by atomic mass is 10.1. The van der Waals surface area contributed by atoms with E-state index >= 15 is 0 Å². The molecule has 1 aliphatic heterocycles. The molecule has 0 unspecified atom stereocenters. The molecule has 1 aromatic carbocycles. The lowest BCUT2D eigenvalue weighted by Gasteiger charge is -2.35. The number of nitrogens with two attached hydrogens (primary N) is 1. The van der Waals surface area contributed by atoms with Gasteiger partial charge in [-0.05, 0) is 18.5 Å². The van der Waals surface area contributed by atoms with Crippen LogP contribution in [0.3, 0.4) is 0 Å². The number of rotatable bonds is 5. The van der Waals surface area contributed by atoms with Crippen LogP contribution in [0.15, 0.2) is 30.3 Å². The van der Waals surface area contributed by atoms with Crippen molar-refractivity contribution in [3.63, 3.8) is 0 Å². The molecule has 0 saturated carbocycles. The van der Waals surface area contributed by atoms with Crippen molar-refractivity contribution in [1.29, 1.82) is 0 Å². The molecule has 2 rings (SSSR count). The second-order valence-electron chi connectivity index (χ2n) is 5.16. The third-order valence-electron chi connectivity index (χ3n) is 3.69. The Hall–Kier alpha value is -0.900. The molecule has 1 fully saturated rings. The second-order valence-corrected chi connectivity index (χ2v) is 5.16. The zero-order valence-corrected chi connectivity index (χ0v) is 11.4. The van der Waals surface area contributed by atoms with Crippen LogP contribution in [-0.2, 0) is 0 Å². The molecule has 0 radical (unpaired) electrons. The molecule has 2 N–H and O–H groups in total. The molecule has 1 aliphatic rings. The third kappa shape index (κ3) is 3.80. The molecule has 1 heterocycles. The molecule has 0 bridgehead atoms. The van der Waals surface area contributed by atoms with E-state index in [9.17, 15) is 0 Å². The second kappa shape index (κ2) is 6.88. The minimum absolute atomic E-state index is 0.143. The van der Waals surface area contributed by atoms with Gasteiger partial charge in [-0.15, -0.1) is 0 Å². The van der Waals surface area contributed by atoms with Crippen molar-refractivity contribution in [2.24, 2.45) is 5.73 Å². The Bertz CT molecular complexity index is 331. The molecule has 3 nitrogen and oxygen atoms in total. The molecule has 18 heavy (non-hydrogen) atoms. The number of hydrogen-bond donors (Lipinski definition) is 1. The van der Waals surface area contributed by atoms with Crippen LogP contribution in [0.25, 0.3) is 0 Å². The quantitative estimate of drug-likeness (QED) is 0.860. The van der Waals surface area contributed by atoms with Crippen molar-refractivity contribution in [3.05, 3.63) is 35.9 Å². The Morgan fingerprint density at radius 2 is 1.67 bits per heavy atom. The summed E-state index contributed by atoms with van der Waals surface area (Å²) >= 11 is 0. The van der Waals surface area contributed by atoms with Crippen LogP contribution in [0, 0.1) is 0 Å². The monoisotopic (exact) mass is 247 g/mol. The van der Waals surface area contributed by atoms with Crippen LogP contribution in [0.4, 0.5) is 0 Å². The van der Waals surface area contributed by atoms with Crippen LogP contribution in [0.5, 0.6) is 0 Å². The molecule has 1 aromatic rings. The topological polar surface area (TPSA) is 32.5 Å². The smallest absolute Gasteiger partial charge is 0.0424 e. The first kappa shape index (κ1) is 13.5. The summed E-state index contributed by atoms with van der Waals surface area (Å²) in [6.45, 7) is 9.14. The summed E-state index contributed by atoms with van der Waals surface area (Å²) in [6, 6.07) is 10.6. The first-order chi connectivity index (χ1) is 8.79. The third-order valence-corrected chi connectivity index (χ3v) is 3.69. The van der Waals surface area contributed by atoms with Gasteiger partial charge in [-0.3, -0.25) is 4.90 Å². The summed E-state index contributed by atoms with van der Waals surface area (Å²) < 4.78 is 0. The molecule has 0 aliphatic carbocycles. The van der Waals surface area contributed by atoms with Crippen LogP contribution in [-0.4, -0.2) is 49.1 Å². The Balaban J connectivity index is 1.78. The van der Waals surface area contributed by atoms with Gasteiger partial charge in [0.15, 0.2) is 0 Å². The fraction of sp³-hybridized carbons (Fsp3) is 0.600. The maximum atomic E-state index is 6.26. The first-order valence-corrected chi connectivity index (χ1v) is 7.05. The van der Waals surface area contributed by atoms with Crippen molar-refractivity contribution >= 4 is 0 Å². The van der Waals surface area contributed by atoms with Gasteiger partial charge in [0.25, 0.3) is 0 Å². The molecule has 1 atom stereocenters. The number of hydrogen-bond acceptors (Lipinski definition) is 3. The van der Waals surface area contributed by atoms with Gasteiger partial charge >= 0.3 is 0 Å². The maximum Gasteiger partial charge on any atom is 0.0424 e. The summed E-state index contributed by atoms with van der Waals surface area (Å²) in [5, 5.41) is 0. The van der Waals surface area contributed by atoms with E-state index in [1.54, 1.807) is 0 Å². The fourth-order valence-electron chi connectivity index (χ4n) is 2.60. The molecular weight excluding hydrogens is 222 g/mol. The summed E-state index contributed by atoms with van der Waals surface area (Å²) in [7, 11) is 0. The van der Waals surface area contributed by atoms with Gasteiger partial charge in [0.2, 0.25) is 0 Å². The Morgan fingerprint density at radius 1 is 1.06 bits per heavy atom. The summed E-state index contributed by atoms with van der Waals surface area (Å²) in [4.78, 5) is 5.04. The van der Waals surface area contributed by atoms with Crippen molar-refractivity contribution in [2.75, 3.05) is 39.3 Å². The highest BCUT2D eigenvalue weighted by molar-refractivity contribution is 5.18. The molecular formula is C15H25N3. The van der Waals surface area contributed by atoms with Crippen LogP contribution in [0.1, 0.15) is 24.9 Å². The van der Waals surface area contributed by atoms with Gasteiger partial charge in [0.05, 0.1) is 0 Å². The number of nitrogens with zero attached hydrogens (tertiary/aromatic N) is 2. The summed E-state index contributed by atoms with van der Waals surface area (Å²) in [5.74, 6) is 0. The van der Waals surface area contributed by atoms with Gasteiger partial charge in [-0.1, -0.05) is 37.3 Å². The highest BCUT2D eigenvalue weighted by Gasteiger charge is 2.18. The maximum absolute atomic E-state index is 6.26. The average molecular weight is 247 g/mol. The lowest BCUT2D eigenvalue weighted by molar-refractivity contribution is 0.127. The predicted octanol–water partition coefficient (Wildman–Crippen LogP) is 1.71. The molecule has 1 saturated heterocycles. The van der Waals surface area contributed by atoms with Gasteiger partial charge < -0.3 is 10.6 Å². The molecule has 0 amide bonds. The standard InChI is InChI=1S/C15H25N3/c1-2-8-17-9-11-18(12-10-17)13-15(16)14-6-4-3-5-7-14/h3-7,15H,2,8-13,16H2,1H3/t15-/m0/s1. The first-order valence-electron chi connectivity index (χ1n) is 7.05. The molecule has 100 valence electrons. The van der Waals surface area contributed by atoms with E-state index < -0.39 is 0 Å². The Kier molecular flexibility index (Phi) is 5.17. The van der Waals surface area contributed by atoms with Crippen molar-refractivity contribution in [1.82, 2.24) is 9.80 Å². The highest BCUT2D eigenvalue weighted by atomic mass is 15.3. The number of benzene rings is 1. The van der Waals surface area contributed by atoms with Crippen molar-refractivity contribution < 1.29 is 0 Å². The molecule has 3 heteroatoms. The zero-order chi connectivity index (χ0) is 12.8. The number of piperazine rings is 1. The summed E-state index contributed by atoms with van der Waals surface area (Å²) in [5.41, 5.74) is 7.51. The lowest BCUT2D eigenvalue weighted by Crippen LogP contribution is -2.48. The zero-order valence-electron chi connectivity index (χ0n) is 11.4. The van der Waals surface area contributed by atoms with Crippen molar-refractivity contribution in [2.45, 2.75) is 19.4 Å². The van der Waals surface area contributed by atoms with Crippen LogP contribution >= 0.6 is 0 Å². The largest absolute Gasteiger partial charge is 0.323 e. The van der Waals surface area contributed by atoms with E-state index in [0.717, 1.165) is 19.6 Å². The van der Waals surface area contributed by atoms with E-state index in [1.807, 2.05) is 6.07 Å². The minimum Gasteiger partial charge on any atom is -0.323 e.